The summed E-state index contributed by atoms with van der Waals surface area (Å²) in [4.78, 5) is 13.5. The van der Waals surface area contributed by atoms with Crippen LogP contribution in [0.5, 0.6) is 0 Å². The Labute approximate surface area is 193 Å². The van der Waals surface area contributed by atoms with Crippen molar-refractivity contribution >= 4 is 34.7 Å². The molecule has 33 heavy (non-hydrogen) atoms. The molecule has 2 aromatic heterocycles. The monoisotopic (exact) mass is 495 g/mol. The van der Waals surface area contributed by atoms with Gasteiger partial charge in [0.25, 0.3) is 11.7 Å². The van der Waals surface area contributed by atoms with Gasteiger partial charge >= 0.3 is 6.18 Å². The van der Waals surface area contributed by atoms with Gasteiger partial charge in [-0.25, -0.2) is 4.68 Å². The number of amides is 1. The number of alkyl halides is 5. The second-order valence-electron chi connectivity index (χ2n) is 6.71. The number of aromatic nitrogens is 2. The lowest BCUT2D eigenvalue weighted by Gasteiger charge is -2.09. The van der Waals surface area contributed by atoms with E-state index in [1.165, 1.54) is 64.5 Å². The second kappa shape index (κ2) is 9.36. The van der Waals surface area contributed by atoms with E-state index in [-0.39, 0.29) is 11.3 Å². The average Bonchev–Trinajstić information content (AvgIpc) is 3.44. The molecule has 0 fully saturated rings. The summed E-state index contributed by atoms with van der Waals surface area (Å²) in [6.07, 6.45) is -4.60. The Morgan fingerprint density at radius 1 is 1.03 bits per heavy atom. The van der Waals surface area contributed by atoms with Crippen molar-refractivity contribution in [1.82, 2.24) is 9.78 Å². The first-order valence-corrected chi connectivity index (χ1v) is 11.1. The van der Waals surface area contributed by atoms with Crippen LogP contribution >= 0.6 is 23.1 Å². The van der Waals surface area contributed by atoms with Crippen molar-refractivity contribution in [1.29, 1.82) is 0 Å². The maximum Gasteiger partial charge on any atom is 0.435 e. The SMILES string of the molecule is O=C(Nc1ccc(SC(F)F)cc1)c1ccc(-n2nc(C(F)(F)F)cc2-c2cccs2)cc1. The minimum Gasteiger partial charge on any atom is -0.322 e. The van der Waals surface area contributed by atoms with Gasteiger partial charge in [0.05, 0.1) is 16.3 Å². The first kappa shape index (κ1) is 23.0. The lowest BCUT2D eigenvalue weighted by atomic mass is 10.2. The summed E-state index contributed by atoms with van der Waals surface area (Å²) in [5.41, 5.74) is 0.325. The standard InChI is InChI=1S/C22H14F5N3OS2/c23-21(24)33-16-9-5-14(6-10-16)28-20(31)13-3-7-15(8-4-13)30-17(18-2-1-11-32-18)12-19(29-30)22(25,26)27/h1-12,21H,(H,28,31). The Morgan fingerprint density at radius 2 is 1.73 bits per heavy atom. The highest BCUT2D eigenvalue weighted by molar-refractivity contribution is 7.99. The minimum atomic E-state index is -4.60. The third-order valence-corrected chi connectivity index (χ3v) is 6.10. The number of nitrogens with zero attached hydrogens (tertiary/aromatic N) is 2. The van der Waals surface area contributed by atoms with Crippen LogP contribution in [0.2, 0.25) is 0 Å². The number of nitrogens with one attached hydrogen (secondary N) is 1. The molecule has 0 atom stereocenters. The molecule has 4 rings (SSSR count). The molecule has 0 unspecified atom stereocenters. The number of carbonyl (C=O) groups is 1. The second-order valence-corrected chi connectivity index (χ2v) is 8.72. The molecule has 0 saturated heterocycles. The summed E-state index contributed by atoms with van der Waals surface area (Å²) in [5.74, 6) is -2.99. The van der Waals surface area contributed by atoms with Gasteiger partial charge < -0.3 is 5.32 Å². The van der Waals surface area contributed by atoms with Crippen molar-refractivity contribution in [2.24, 2.45) is 0 Å². The number of halogens is 5. The van der Waals surface area contributed by atoms with Crippen LogP contribution in [0.4, 0.5) is 27.6 Å². The van der Waals surface area contributed by atoms with Gasteiger partial charge in [0.2, 0.25) is 0 Å². The Balaban J connectivity index is 1.55. The van der Waals surface area contributed by atoms with Crippen LogP contribution in [0.15, 0.2) is 77.0 Å². The van der Waals surface area contributed by atoms with Crippen LogP contribution in [0.25, 0.3) is 16.3 Å². The molecule has 2 heterocycles. The molecular formula is C22H14F5N3OS2. The maximum absolute atomic E-state index is 13.2. The third-order valence-electron chi connectivity index (χ3n) is 4.48. The van der Waals surface area contributed by atoms with E-state index < -0.39 is 23.5 Å². The number of thioether (sulfide) groups is 1. The zero-order valence-electron chi connectivity index (χ0n) is 16.5. The van der Waals surface area contributed by atoms with E-state index in [1.807, 2.05) is 0 Å². The number of thiophene rings is 1. The molecule has 1 N–H and O–H groups in total. The predicted molar refractivity (Wildman–Crippen MR) is 118 cm³/mol. The summed E-state index contributed by atoms with van der Waals surface area (Å²) in [6, 6.07) is 16.3. The molecule has 0 radical (unpaired) electrons. The normalized spacial score (nSPS) is 11.7. The third kappa shape index (κ3) is 5.42. The number of hydrogen-bond acceptors (Lipinski definition) is 4. The van der Waals surface area contributed by atoms with E-state index in [0.29, 0.717) is 32.9 Å². The highest BCUT2D eigenvalue weighted by atomic mass is 32.2. The van der Waals surface area contributed by atoms with E-state index in [1.54, 1.807) is 17.5 Å². The van der Waals surface area contributed by atoms with Gasteiger partial charge in [0.1, 0.15) is 0 Å². The van der Waals surface area contributed by atoms with E-state index in [0.717, 1.165) is 6.07 Å². The Hall–Kier alpha value is -3.18. The molecule has 2 aromatic carbocycles. The van der Waals surface area contributed by atoms with Gasteiger partial charge in [0, 0.05) is 16.1 Å². The van der Waals surface area contributed by atoms with Crippen LogP contribution < -0.4 is 5.32 Å². The fraction of sp³-hybridized carbons (Fsp3) is 0.0909. The quantitative estimate of drug-likeness (QED) is 0.228. The number of carbonyl (C=O) groups excluding carboxylic acids is 1. The molecule has 0 bridgehead atoms. The molecule has 0 spiro atoms. The first-order chi connectivity index (χ1) is 15.7. The summed E-state index contributed by atoms with van der Waals surface area (Å²) in [6.45, 7) is 0. The Kier molecular flexibility index (Phi) is 6.52. The zero-order chi connectivity index (χ0) is 23.6. The number of rotatable bonds is 6. The molecule has 0 aliphatic rings. The first-order valence-electron chi connectivity index (χ1n) is 9.38. The van der Waals surface area contributed by atoms with E-state index >= 15 is 0 Å². The van der Waals surface area contributed by atoms with Crippen molar-refractivity contribution in [3.8, 4) is 16.3 Å². The number of anilines is 1. The largest absolute Gasteiger partial charge is 0.435 e. The fourth-order valence-corrected chi connectivity index (χ4v) is 4.22. The molecule has 11 heteroatoms. The number of benzene rings is 2. The fourth-order valence-electron chi connectivity index (χ4n) is 2.99. The van der Waals surface area contributed by atoms with Crippen molar-refractivity contribution < 1.29 is 26.7 Å². The van der Waals surface area contributed by atoms with Crippen LogP contribution in [-0.4, -0.2) is 21.4 Å². The van der Waals surface area contributed by atoms with Gasteiger partial charge in [-0.15, -0.1) is 11.3 Å². The zero-order valence-corrected chi connectivity index (χ0v) is 18.1. The van der Waals surface area contributed by atoms with Gasteiger partial charge in [-0.3, -0.25) is 4.79 Å². The highest BCUT2D eigenvalue weighted by Gasteiger charge is 2.35. The summed E-state index contributed by atoms with van der Waals surface area (Å²) in [7, 11) is 0. The molecule has 4 nitrogen and oxygen atoms in total. The molecule has 4 aromatic rings. The van der Waals surface area contributed by atoms with E-state index in [2.05, 4.69) is 10.4 Å². The predicted octanol–water partition coefficient (Wildman–Crippen LogP) is 7.19. The Morgan fingerprint density at radius 3 is 2.30 bits per heavy atom. The highest BCUT2D eigenvalue weighted by Crippen LogP contribution is 2.34. The topological polar surface area (TPSA) is 46.9 Å². The van der Waals surface area contributed by atoms with E-state index in [4.69, 9.17) is 0 Å². The van der Waals surface area contributed by atoms with Gasteiger partial charge in [0.15, 0.2) is 5.69 Å². The van der Waals surface area contributed by atoms with Crippen LogP contribution in [0.1, 0.15) is 16.1 Å². The van der Waals surface area contributed by atoms with Crippen LogP contribution in [-0.2, 0) is 6.18 Å². The van der Waals surface area contributed by atoms with Crippen molar-refractivity contribution in [2.75, 3.05) is 5.32 Å². The van der Waals surface area contributed by atoms with E-state index in [9.17, 15) is 26.7 Å². The summed E-state index contributed by atoms with van der Waals surface area (Å²) in [5, 5.41) is 8.13. The summed E-state index contributed by atoms with van der Waals surface area (Å²) < 4.78 is 65.7. The van der Waals surface area contributed by atoms with Gasteiger partial charge in [-0.2, -0.15) is 27.1 Å². The van der Waals surface area contributed by atoms with Gasteiger partial charge in [-0.1, -0.05) is 17.8 Å². The smallest absolute Gasteiger partial charge is 0.322 e. The molecule has 0 aliphatic carbocycles. The summed E-state index contributed by atoms with van der Waals surface area (Å²) >= 11 is 1.69. The molecule has 1 amide bonds. The molecule has 0 aliphatic heterocycles. The van der Waals surface area contributed by atoms with Gasteiger partial charge in [-0.05, 0) is 66.0 Å². The molecule has 0 saturated carbocycles. The van der Waals surface area contributed by atoms with Crippen molar-refractivity contribution in [3.63, 3.8) is 0 Å². The lowest BCUT2D eigenvalue weighted by Crippen LogP contribution is -2.12. The molecular weight excluding hydrogens is 481 g/mol. The Bertz CT molecular complexity index is 1230. The maximum atomic E-state index is 13.2. The van der Waals surface area contributed by atoms with Crippen LogP contribution in [0, 0.1) is 0 Å². The van der Waals surface area contributed by atoms with Crippen molar-refractivity contribution in [2.45, 2.75) is 16.8 Å². The van der Waals surface area contributed by atoms with Crippen molar-refractivity contribution in [3.05, 3.63) is 83.4 Å². The number of hydrogen-bond donors (Lipinski definition) is 1. The average molecular weight is 495 g/mol. The molecule has 170 valence electrons. The lowest BCUT2D eigenvalue weighted by molar-refractivity contribution is -0.141. The van der Waals surface area contributed by atoms with Crippen LogP contribution in [0.3, 0.4) is 0 Å². The minimum absolute atomic E-state index is 0.269.